The van der Waals surface area contributed by atoms with E-state index in [1.54, 1.807) is 23.1 Å². The van der Waals surface area contributed by atoms with Crippen molar-refractivity contribution in [2.24, 2.45) is 10.9 Å². The Morgan fingerprint density at radius 2 is 2.47 bits per heavy atom. The van der Waals surface area contributed by atoms with Crippen molar-refractivity contribution in [1.29, 1.82) is 0 Å². The van der Waals surface area contributed by atoms with Gasteiger partial charge in [0.15, 0.2) is 0 Å². The van der Waals surface area contributed by atoms with Gasteiger partial charge < -0.3 is 10.9 Å². The van der Waals surface area contributed by atoms with Crippen LogP contribution >= 0.6 is 23.1 Å². The molecule has 1 aromatic rings. The molecule has 3 N–H and O–H groups in total. The van der Waals surface area contributed by atoms with Gasteiger partial charge in [-0.3, -0.25) is 0 Å². The predicted octanol–water partition coefficient (Wildman–Crippen LogP) is 2.46. The number of nitrogens with two attached hydrogens (primary N) is 1. The van der Waals surface area contributed by atoms with Gasteiger partial charge in [-0.05, 0) is 19.8 Å². The van der Waals surface area contributed by atoms with E-state index < -0.39 is 0 Å². The summed E-state index contributed by atoms with van der Waals surface area (Å²) < 4.78 is 1.12. The average molecular weight is 245 g/mol. The summed E-state index contributed by atoms with van der Waals surface area (Å²) in [7, 11) is 0. The van der Waals surface area contributed by atoms with E-state index in [0.29, 0.717) is 12.3 Å². The molecule has 0 amide bonds. The maximum Gasteiger partial charge on any atom is 0.150 e. The average Bonchev–Trinajstić information content (AvgIpc) is 2.63. The molecule has 15 heavy (non-hydrogen) atoms. The van der Waals surface area contributed by atoms with Crippen molar-refractivity contribution in [1.82, 2.24) is 4.98 Å². The Balaban J connectivity index is 2.07. The summed E-state index contributed by atoms with van der Waals surface area (Å²) in [5.74, 6) is 1.34. The minimum absolute atomic E-state index is 0.310. The van der Waals surface area contributed by atoms with Gasteiger partial charge in [-0.2, -0.15) is 0 Å². The molecule has 1 heterocycles. The van der Waals surface area contributed by atoms with Gasteiger partial charge in [-0.15, -0.1) is 11.3 Å². The number of aromatic nitrogens is 1. The van der Waals surface area contributed by atoms with Crippen molar-refractivity contribution in [3.63, 3.8) is 0 Å². The van der Waals surface area contributed by atoms with E-state index >= 15 is 0 Å². The van der Waals surface area contributed by atoms with Gasteiger partial charge >= 0.3 is 0 Å². The molecule has 0 unspecified atom stereocenters. The van der Waals surface area contributed by atoms with Crippen LogP contribution in [0.3, 0.4) is 0 Å². The summed E-state index contributed by atoms with van der Waals surface area (Å²) >= 11 is 3.45. The fourth-order valence-corrected chi connectivity index (χ4v) is 2.94. The third-order valence-corrected chi connectivity index (χ3v) is 4.00. The zero-order valence-corrected chi connectivity index (χ0v) is 10.3. The van der Waals surface area contributed by atoms with Crippen LogP contribution in [0, 0.1) is 6.92 Å². The van der Waals surface area contributed by atoms with Gasteiger partial charge in [0.05, 0.1) is 0 Å². The highest BCUT2D eigenvalue weighted by Gasteiger charge is 1.99. The van der Waals surface area contributed by atoms with E-state index in [2.05, 4.69) is 15.5 Å². The number of oxime groups is 1. The van der Waals surface area contributed by atoms with Crippen molar-refractivity contribution >= 4 is 28.9 Å². The van der Waals surface area contributed by atoms with Crippen molar-refractivity contribution in [3.8, 4) is 0 Å². The quantitative estimate of drug-likeness (QED) is 0.202. The second-order valence-corrected chi connectivity index (χ2v) is 5.35. The van der Waals surface area contributed by atoms with Gasteiger partial charge in [0.25, 0.3) is 0 Å². The molecule has 0 saturated heterocycles. The Bertz CT molecular complexity index is 325. The molecule has 6 heteroatoms. The van der Waals surface area contributed by atoms with Crippen LogP contribution in [-0.4, -0.2) is 21.8 Å². The number of hydrogen-bond donors (Lipinski definition) is 2. The van der Waals surface area contributed by atoms with Gasteiger partial charge in [-0.25, -0.2) is 4.98 Å². The molecular formula is C9H15N3OS2. The van der Waals surface area contributed by atoms with Crippen LogP contribution in [-0.2, 0) is 0 Å². The van der Waals surface area contributed by atoms with E-state index in [0.717, 1.165) is 28.6 Å². The SMILES string of the molecule is Cc1csc(SCCCCC(N)=NO)n1. The zero-order valence-electron chi connectivity index (χ0n) is 8.64. The summed E-state index contributed by atoms with van der Waals surface area (Å²) in [6, 6.07) is 0. The monoisotopic (exact) mass is 245 g/mol. The van der Waals surface area contributed by atoms with Gasteiger partial charge in [0, 0.05) is 23.2 Å². The van der Waals surface area contributed by atoms with Crippen molar-refractivity contribution in [3.05, 3.63) is 11.1 Å². The van der Waals surface area contributed by atoms with E-state index in [1.165, 1.54) is 0 Å². The van der Waals surface area contributed by atoms with Crippen LogP contribution in [0.1, 0.15) is 25.0 Å². The second-order valence-electron chi connectivity index (χ2n) is 3.15. The number of rotatable bonds is 6. The zero-order chi connectivity index (χ0) is 11.1. The lowest BCUT2D eigenvalue weighted by molar-refractivity contribution is 0.316. The van der Waals surface area contributed by atoms with E-state index in [4.69, 9.17) is 10.9 Å². The van der Waals surface area contributed by atoms with Crippen LogP contribution < -0.4 is 5.73 Å². The Morgan fingerprint density at radius 3 is 3.07 bits per heavy atom. The fourth-order valence-electron chi connectivity index (χ4n) is 1.02. The van der Waals surface area contributed by atoms with Gasteiger partial charge in [-0.1, -0.05) is 16.9 Å². The molecule has 0 saturated carbocycles. The Labute approximate surface area is 97.6 Å². The van der Waals surface area contributed by atoms with Crippen molar-refractivity contribution < 1.29 is 5.21 Å². The Hall–Kier alpha value is -0.750. The molecule has 0 atom stereocenters. The van der Waals surface area contributed by atoms with Crippen LogP contribution in [0.2, 0.25) is 0 Å². The first kappa shape index (κ1) is 12.3. The van der Waals surface area contributed by atoms with Crippen LogP contribution in [0.25, 0.3) is 0 Å². The highest BCUT2D eigenvalue weighted by Crippen LogP contribution is 2.23. The molecule has 0 aliphatic heterocycles. The molecule has 1 aromatic heterocycles. The lowest BCUT2D eigenvalue weighted by atomic mass is 10.2. The molecule has 0 aromatic carbocycles. The molecule has 84 valence electrons. The molecule has 0 aliphatic rings. The minimum Gasteiger partial charge on any atom is -0.409 e. The highest BCUT2D eigenvalue weighted by atomic mass is 32.2. The number of thiazole rings is 1. The number of thioether (sulfide) groups is 1. The first-order valence-corrected chi connectivity index (χ1v) is 6.60. The van der Waals surface area contributed by atoms with E-state index in [1.807, 2.05) is 6.92 Å². The van der Waals surface area contributed by atoms with E-state index in [-0.39, 0.29) is 0 Å². The Morgan fingerprint density at radius 1 is 1.67 bits per heavy atom. The second kappa shape index (κ2) is 6.68. The smallest absolute Gasteiger partial charge is 0.150 e. The Kier molecular flexibility index (Phi) is 5.49. The number of nitrogens with zero attached hydrogens (tertiary/aromatic N) is 2. The summed E-state index contributed by atoms with van der Waals surface area (Å²) in [5, 5.41) is 13.3. The topological polar surface area (TPSA) is 71.5 Å². The van der Waals surface area contributed by atoms with E-state index in [9.17, 15) is 0 Å². The van der Waals surface area contributed by atoms with Gasteiger partial charge in [0.2, 0.25) is 0 Å². The fraction of sp³-hybridized carbons (Fsp3) is 0.556. The number of amidine groups is 1. The first-order valence-electron chi connectivity index (χ1n) is 4.73. The normalized spacial score (nSPS) is 11.9. The number of aryl methyl sites for hydroxylation is 1. The number of hydrogen-bond acceptors (Lipinski definition) is 5. The van der Waals surface area contributed by atoms with Crippen molar-refractivity contribution in [2.45, 2.75) is 30.5 Å². The lowest BCUT2D eigenvalue weighted by Gasteiger charge is -1.98. The molecular weight excluding hydrogens is 230 g/mol. The predicted molar refractivity (Wildman–Crippen MR) is 64.8 cm³/mol. The summed E-state index contributed by atoms with van der Waals surface area (Å²) in [5.41, 5.74) is 6.44. The first-order chi connectivity index (χ1) is 7.22. The molecule has 1 rings (SSSR count). The van der Waals surface area contributed by atoms with Crippen LogP contribution in [0.4, 0.5) is 0 Å². The molecule has 0 bridgehead atoms. The molecule has 0 radical (unpaired) electrons. The molecule has 4 nitrogen and oxygen atoms in total. The lowest BCUT2D eigenvalue weighted by Crippen LogP contribution is -2.10. The molecule has 0 fully saturated rings. The molecule has 0 spiro atoms. The third-order valence-electron chi connectivity index (χ3n) is 1.78. The molecule has 0 aliphatic carbocycles. The largest absolute Gasteiger partial charge is 0.409 e. The minimum atomic E-state index is 0.310. The highest BCUT2D eigenvalue weighted by molar-refractivity contribution is 8.00. The third kappa shape index (κ3) is 5.03. The summed E-state index contributed by atoms with van der Waals surface area (Å²) in [6.45, 7) is 2.00. The van der Waals surface area contributed by atoms with Crippen LogP contribution in [0.5, 0.6) is 0 Å². The van der Waals surface area contributed by atoms with Gasteiger partial charge in [0.1, 0.15) is 10.2 Å². The van der Waals surface area contributed by atoms with Crippen LogP contribution in [0.15, 0.2) is 14.9 Å². The maximum atomic E-state index is 8.32. The summed E-state index contributed by atoms with van der Waals surface area (Å²) in [4.78, 5) is 4.35. The summed E-state index contributed by atoms with van der Waals surface area (Å²) in [6.07, 6.45) is 2.67. The standard InChI is InChI=1S/C9H15N3OS2/c1-7-6-15-9(11-7)14-5-3-2-4-8(10)12-13/h6,13H,2-5H2,1H3,(H2,10,12). The van der Waals surface area contributed by atoms with Crippen molar-refractivity contribution in [2.75, 3.05) is 5.75 Å². The number of unbranched alkanes of at least 4 members (excludes halogenated alkanes) is 1. The maximum absolute atomic E-state index is 8.32.